The second-order valence-corrected chi connectivity index (χ2v) is 16.4. The highest BCUT2D eigenvalue weighted by Gasteiger charge is 2.53. The summed E-state index contributed by atoms with van der Waals surface area (Å²) >= 11 is 8.25. The van der Waals surface area contributed by atoms with Crippen LogP contribution in [0.5, 0.6) is 0 Å². The fraction of sp³-hybridized carbons (Fsp3) is 0.500. The Bertz CT molecular complexity index is 1710. The molecular weight excluding hydrogens is 668 g/mol. The molecule has 0 aromatic carbocycles. The fourth-order valence-corrected chi connectivity index (χ4v) is 8.62. The van der Waals surface area contributed by atoms with Gasteiger partial charge in [-0.3, -0.25) is 18.3 Å². The van der Waals surface area contributed by atoms with E-state index in [-0.39, 0.29) is 47.1 Å². The van der Waals surface area contributed by atoms with Gasteiger partial charge in [0.25, 0.3) is 0 Å². The fourth-order valence-electron chi connectivity index (χ4n) is 5.34. The second kappa shape index (κ2) is 11.1. The molecule has 3 saturated heterocycles. The maximum Gasteiger partial charge on any atom is 0.324 e. The summed E-state index contributed by atoms with van der Waals surface area (Å²) < 4.78 is 84.6. The SMILES string of the molecule is Nc1ncnc2c1ncn2C1OC2CNP(=O)(S)OC3C(CNP(=O)(S)OC2C1F)OC(n1cnc2c(N)ncnc21)C3F. The van der Waals surface area contributed by atoms with Crippen LogP contribution in [0.15, 0.2) is 25.3 Å². The molecule has 4 aromatic rings. The summed E-state index contributed by atoms with van der Waals surface area (Å²) in [7, 11) is 0. The van der Waals surface area contributed by atoms with Crippen LogP contribution in [0.1, 0.15) is 12.5 Å². The summed E-state index contributed by atoms with van der Waals surface area (Å²) in [4.78, 5) is 24.2. The Labute approximate surface area is 256 Å². The van der Waals surface area contributed by atoms with E-state index in [2.05, 4.69) is 64.6 Å². The van der Waals surface area contributed by atoms with Crippen molar-refractivity contribution in [3.63, 3.8) is 0 Å². The molecule has 3 aliphatic heterocycles. The molecule has 44 heavy (non-hydrogen) atoms. The Morgan fingerprint density at radius 1 is 0.750 bits per heavy atom. The molecule has 0 bridgehead atoms. The Kier molecular flexibility index (Phi) is 7.59. The second-order valence-electron chi connectivity index (χ2n) is 10.1. The number of aromatic nitrogens is 8. The van der Waals surface area contributed by atoms with Crippen LogP contribution in [0.25, 0.3) is 22.3 Å². The minimum Gasteiger partial charge on any atom is -0.382 e. The van der Waals surface area contributed by atoms with Gasteiger partial charge in [-0.1, -0.05) is 24.5 Å². The number of ether oxygens (including phenoxy) is 2. The first-order chi connectivity index (χ1) is 20.9. The summed E-state index contributed by atoms with van der Waals surface area (Å²) in [5, 5.41) is 5.14. The first kappa shape index (κ1) is 30.2. The van der Waals surface area contributed by atoms with E-state index in [1.165, 1.54) is 34.4 Å². The van der Waals surface area contributed by atoms with E-state index in [0.29, 0.717) is 0 Å². The molecule has 4 aromatic heterocycles. The van der Waals surface area contributed by atoms with Crippen LogP contribution in [0.3, 0.4) is 0 Å². The van der Waals surface area contributed by atoms with Crippen molar-refractivity contribution in [1.82, 2.24) is 49.2 Å². The van der Waals surface area contributed by atoms with Gasteiger partial charge in [-0.15, -0.1) is 0 Å². The number of nitrogens with two attached hydrogens (primary N) is 2. The van der Waals surface area contributed by atoms with Crippen molar-refractivity contribution in [1.29, 1.82) is 0 Å². The third-order valence-corrected chi connectivity index (χ3v) is 11.0. The summed E-state index contributed by atoms with van der Waals surface area (Å²) in [5.74, 6) is 0.146. The quantitative estimate of drug-likeness (QED) is 0.128. The lowest BCUT2D eigenvalue weighted by Gasteiger charge is -2.29. The number of thiol groups is 2. The van der Waals surface area contributed by atoms with E-state index in [4.69, 9.17) is 30.0 Å². The molecule has 236 valence electrons. The summed E-state index contributed by atoms with van der Waals surface area (Å²) in [6, 6.07) is 0. The third kappa shape index (κ3) is 5.25. The zero-order chi connectivity index (χ0) is 31.0. The van der Waals surface area contributed by atoms with Crippen molar-refractivity contribution >= 4 is 71.9 Å². The van der Waals surface area contributed by atoms with Crippen molar-refractivity contribution in [3.05, 3.63) is 25.3 Å². The van der Waals surface area contributed by atoms with E-state index in [1.807, 2.05) is 0 Å². The number of nitrogens with zero attached hydrogens (tertiary/aromatic N) is 8. The number of fused-ring (bicyclic) bond motifs is 4. The van der Waals surface area contributed by atoms with Crippen molar-refractivity contribution in [3.8, 4) is 0 Å². The number of imidazole rings is 2. The molecule has 3 aliphatic rings. The molecule has 10 atom stereocenters. The van der Waals surface area contributed by atoms with Crippen LogP contribution in [0, 0.1) is 0 Å². The molecule has 3 fully saturated rings. The molecule has 0 amide bonds. The average Bonchev–Trinajstić information content (AvgIpc) is 3.73. The lowest BCUT2D eigenvalue weighted by molar-refractivity contribution is -0.0214. The maximum absolute atomic E-state index is 16.0. The smallest absolute Gasteiger partial charge is 0.324 e. The largest absolute Gasteiger partial charge is 0.382 e. The van der Waals surface area contributed by atoms with Crippen molar-refractivity contribution < 1.29 is 36.4 Å². The highest BCUT2D eigenvalue weighted by molar-refractivity contribution is 8.45. The standard InChI is InChI=1S/C20H24F2N12O6P2S2/c21-9-13-7(37-19(9)33-5-29-11-15(23)25-3-27-17(11)33)1-31-41(35,43)40-14-8(2-32-42(36,44)39-13)38-20(10(14)22)34-6-30-12-16(24)26-4-28-18(12)34/h3-10,13-14,19-20H,1-2H2,(H2,23,25,27)(H2,24,26,28)(H2,31,35,43)(H2,32,36,44). The summed E-state index contributed by atoms with van der Waals surface area (Å²) in [6.45, 7) is -8.96. The molecule has 7 heterocycles. The van der Waals surface area contributed by atoms with Gasteiger partial charge in [-0.05, 0) is 0 Å². The van der Waals surface area contributed by atoms with Crippen LogP contribution >= 0.6 is 37.9 Å². The number of nitrogens with one attached hydrogen (secondary N) is 2. The molecule has 0 aliphatic carbocycles. The first-order valence-electron chi connectivity index (χ1n) is 12.9. The van der Waals surface area contributed by atoms with Gasteiger partial charge < -0.3 is 30.0 Å². The van der Waals surface area contributed by atoms with Gasteiger partial charge in [0.05, 0.1) is 12.7 Å². The van der Waals surface area contributed by atoms with E-state index < -0.39 is 62.7 Å². The Balaban J connectivity index is 1.17. The van der Waals surface area contributed by atoms with Gasteiger partial charge in [-0.2, -0.15) is 0 Å². The number of alkyl halides is 2. The Morgan fingerprint density at radius 2 is 1.16 bits per heavy atom. The zero-order valence-corrected chi connectivity index (χ0v) is 25.6. The van der Waals surface area contributed by atoms with Crippen molar-refractivity contribution in [2.45, 2.75) is 49.2 Å². The topological polar surface area (TPSA) is 234 Å². The van der Waals surface area contributed by atoms with Crippen LogP contribution in [-0.4, -0.2) is 88.9 Å². The number of anilines is 2. The van der Waals surface area contributed by atoms with Crippen LogP contribution < -0.4 is 21.6 Å². The maximum atomic E-state index is 16.0. The lowest BCUT2D eigenvalue weighted by Crippen LogP contribution is -2.42. The highest BCUT2D eigenvalue weighted by atomic mass is 32.7. The molecule has 18 nitrogen and oxygen atoms in total. The Hall–Kier alpha value is -2.52. The predicted molar refractivity (Wildman–Crippen MR) is 156 cm³/mol. The van der Waals surface area contributed by atoms with Gasteiger partial charge in [-0.25, -0.2) is 48.9 Å². The minimum absolute atomic E-state index is 0.0728. The molecular formula is C20H24F2N12O6P2S2. The molecule has 24 heteroatoms. The average molecular weight is 693 g/mol. The number of rotatable bonds is 2. The molecule has 10 unspecified atom stereocenters. The number of nitrogen functional groups attached to an aromatic ring is 2. The van der Waals surface area contributed by atoms with Crippen LogP contribution in [0.2, 0.25) is 0 Å². The lowest BCUT2D eigenvalue weighted by atomic mass is 10.1. The third-order valence-electron chi connectivity index (χ3n) is 7.37. The van der Waals surface area contributed by atoms with E-state index >= 15 is 8.78 Å². The molecule has 7 rings (SSSR count). The van der Waals surface area contributed by atoms with Gasteiger partial charge in [0.15, 0.2) is 47.7 Å². The van der Waals surface area contributed by atoms with Crippen molar-refractivity contribution in [2.24, 2.45) is 0 Å². The van der Waals surface area contributed by atoms with Crippen LogP contribution in [0.4, 0.5) is 20.4 Å². The van der Waals surface area contributed by atoms with E-state index in [9.17, 15) is 9.13 Å². The van der Waals surface area contributed by atoms with Gasteiger partial charge in [0.1, 0.15) is 48.1 Å². The van der Waals surface area contributed by atoms with Gasteiger partial charge >= 0.3 is 13.4 Å². The van der Waals surface area contributed by atoms with Crippen LogP contribution in [-0.2, 0) is 27.7 Å². The van der Waals surface area contributed by atoms with E-state index in [0.717, 1.165) is 0 Å². The number of hydrogen-bond donors (Lipinski definition) is 6. The summed E-state index contributed by atoms with van der Waals surface area (Å²) in [6.07, 6.45) is -7.15. The normalized spacial score (nSPS) is 38.3. The molecule has 0 saturated carbocycles. The molecule has 0 radical (unpaired) electrons. The first-order valence-corrected chi connectivity index (χ1v) is 18.5. The number of halogens is 2. The zero-order valence-electron chi connectivity index (χ0n) is 22.1. The van der Waals surface area contributed by atoms with Gasteiger partial charge in [0, 0.05) is 13.1 Å². The molecule has 6 N–H and O–H groups in total. The highest BCUT2D eigenvalue weighted by Crippen LogP contribution is 2.56. The Morgan fingerprint density at radius 3 is 1.57 bits per heavy atom. The minimum atomic E-state index is -4.11. The summed E-state index contributed by atoms with van der Waals surface area (Å²) in [5.41, 5.74) is 12.5. The van der Waals surface area contributed by atoms with E-state index in [1.54, 1.807) is 0 Å². The van der Waals surface area contributed by atoms with Gasteiger partial charge in [0.2, 0.25) is 0 Å². The predicted octanol–water partition coefficient (Wildman–Crippen LogP) is 1.34. The van der Waals surface area contributed by atoms with Crippen molar-refractivity contribution in [2.75, 3.05) is 24.6 Å². The number of hydrogen-bond acceptors (Lipinski definition) is 14. The molecule has 0 spiro atoms. The monoisotopic (exact) mass is 692 g/mol.